The van der Waals surface area contributed by atoms with Crippen molar-refractivity contribution in [2.75, 3.05) is 12.4 Å². The quantitative estimate of drug-likeness (QED) is 0.790. The Balaban J connectivity index is 2.19. The molecule has 1 fully saturated rings. The van der Waals surface area contributed by atoms with E-state index in [1.165, 1.54) is 18.4 Å². The van der Waals surface area contributed by atoms with Crippen LogP contribution in [0.15, 0.2) is 18.2 Å². The maximum Gasteiger partial charge on any atom is 0.142 e. The molecule has 0 heterocycles. The van der Waals surface area contributed by atoms with Crippen LogP contribution in [0.4, 0.5) is 5.69 Å². The third kappa shape index (κ3) is 2.00. The molecule has 0 atom stereocenters. The average Bonchev–Trinajstić information content (AvgIpc) is 3.02. The van der Waals surface area contributed by atoms with Gasteiger partial charge in [-0.05, 0) is 37.0 Å². The van der Waals surface area contributed by atoms with E-state index in [1.807, 2.05) is 7.05 Å². The largest absolute Gasteiger partial charge is 0.488 e. The molecule has 1 aromatic rings. The summed E-state index contributed by atoms with van der Waals surface area (Å²) in [5.74, 6) is 0.993. The summed E-state index contributed by atoms with van der Waals surface area (Å²) >= 11 is 0. The lowest BCUT2D eigenvalue weighted by Crippen LogP contribution is -2.00. The summed E-state index contributed by atoms with van der Waals surface area (Å²) in [6.45, 7) is 2.16. The molecule has 0 aliphatic heterocycles. The summed E-state index contributed by atoms with van der Waals surface area (Å²) in [4.78, 5) is 0. The van der Waals surface area contributed by atoms with Crippen molar-refractivity contribution in [2.24, 2.45) is 0 Å². The normalized spacial score (nSPS) is 15.3. The van der Waals surface area contributed by atoms with E-state index < -0.39 is 0 Å². The zero-order valence-corrected chi connectivity index (χ0v) is 8.84. The van der Waals surface area contributed by atoms with Gasteiger partial charge in [0.1, 0.15) is 5.75 Å². The number of hydrogen-bond donors (Lipinski definition) is 1. The Kier molecular flexibility index (Phi) is 2.62. The van der Waals surface area contributed by atoms with E-state index in [-0.39, 0.29) is 0 Å². The molecule has 1 aliphatic rings. The summed E-state index contributed by atoms with van der Waals surface area (Å²) in [5.41, 5.74) is 2.45. The molecule has 2 heteroatoms. The minimum absolute atomic E-state index is 0.467. The smallest absolute Gasteiger partial charge is 0.142 e. The van der Waals surface area contributed by atoms with Crippen molar-refractivity contribution >= 4 is 5.69 Å². The molecule has 0 radical (unpaired) electrons. The third-order valence-electron chi connectivity index (χ3n) is 2.54. The van der Waals surface area contributed by atoms with Gasteiger partial charge in [0, 0.05) is 7.05 Å². The number of nitrogens with one attached hydrogen (secondary N) is 1. The van der Waals surface area contributed by atoms with Gasteiger partial charge in [0.2, 0.25) is 0 Å². The van der Waals surface area contributed by atoms with Crippen molar-refractivity contribution < 1.29 is 4.74 Å². The lowest BCUT2D eigenvalue weighted by molar-refractivity contribution is 0.304. The fourth-order valence-corrected chi connectivity index (χ4v) is 1.46. The van der Waals surface area contributed by atoms with E-state index in [4.69, 9.17) is 4.74 Å². The van der Waals surface area contributed by atoms with Gasteiger partial charge in [-0.25, -0.2) is 0 Å². The second kappa shape index (κ2) is 3.91. The predicted molar refractivity (Wildman–Crippen MR) is 59.0 cm³/mol. The Hall–Kier alpha value is -1.18. The first-order chi connectivity index (χ1) is 6.83. The summed E-state index contributed by atoms with van der Waals surface area (Å²) in [6, 6.07) is 6.37. The first-order valence-electron chi connectivity index (χ1n) is 5.31. The zero-order chi connectivity index (χ0) is 9.97. The number of anilines is 1. The van der Waals surface area contributed by atoms with Crippen molar-refractivity contribution in [3.63, 3.8) is 0 Å². The van der Waals surface area contributed by atoms with Crippen LogP contribution in [0, 0.1) is 0 Å². The second-order valence-corrected chi connectivity index (χ2v) is 3.75. The molecule has 0 saturated heterocycles. The Morgan fingerprint density at radius 3 is 2.79 bits per heavy atom. The molecule has 0 bridgehead atoms. The SMILES string of the molecule is CCc1ccc(OC2CC2)c(NC)c1. The minimum atomic E-state index is 0.467. The Morgan fingerprint density at radius 1 is 1.43 bits per heavy atom. The van der Waals surface area contributed by atoms with Crippen LogP contribution in [-0.4, -0.2) is 13.2 Å². The molecule has 14 heavy (non-hydrogen) atoms. The highest BCUT2D eigenvalue weighted by molar-refractivity contribution is 5.57. The second-order valence-electron chi connectivity index (χ2n) is 3.75. The molecule has 0 unspecified atom stereocenters. The maximum absolute atomic E-state index is 5.78. The van der Waals surface area contributed by atoms with Crippen LogP contribution in [0.3, 0.4) is 0 Å². The lowest BCUT2D eigenvalue weighted by atomic mass is 10.1. The molecule has 76 valence electrons. The molecule has 1 aliphatic carbocycles. The maximum atomic E-state index is 5.78. The van der Waals surface area contributed by atoms with Crippen LogP contribution in [-0.2, 0) is 6.42 Å². The fourth-order valence-electron chi connectivity index (χ4n) is 1.46. The molecule has 0 spiro atoms. The number of ether oxygens (including phenoxy) is 1. The van der Waals surface area contributed by atoms with E-state index >= 15 is 0 Å². The van der Waals surface area contributed by atoms with E-state index in [0.717, 1.165) is 17.9 Å². The van der Waals surface area contributed by atoms with Gasteiger partial charge in [-0.2, -0.15) is 0 Å². The standard InChI is InChI=1S/C12H17NO/c1-3-9-4-7-12(11(8-9)13-2)14-10-5-6-10/h4,7-8,10,13H,3,5-6H2,1-2H3. The van der Waals surface area contributed by atoms with E-state index in [2.05, 4.69) is 30.4 Å². The van der Waals surface area contributed by atoms with E-state index in [0.29, 0.717) is 6.10 Å². The fraction of sp³-hybridized carbons (Fsp3) is 0.500. The van der Waals surface area contributed by atoms with Crippen molar-refractivity contribution in [3.05, 3.63) is 23.8 Å². The molecule has 2 nitrogen and oxygen atoms in total. The van der Waals surface area contributed by atoms with Crippen molar-refractivity contribution in [2.45, 2.75) is 32.3 Å². The van der Waals surface area contributed by atoms with Gasteiger partial charge in [0.25, 0.3) is 0 Å². The lowest BCUT2D eigenvalue weighted by Gasteiger charge is -2.11. The molecule has 1 aromatic carbocycles. The van der Waals surface area contributed by atoms with Crippen LogP contribution in [0.25, 0.3) is 0 Å². The Labute approximate surface area is 85.3 Å². The Morgan fingerprint density at radius 2 is 2.21 bits per heavy atom. The van der Waals surface area contributed by atoms with Crippen LogP contribution in [0.5, 0.6) is 5.75 Å². The highest BCUT2D eigenvalue weighted by Gasteiger charge is 2.24. The zero-order valence-electron chi connectivity index (χ0n) is 8.84. The number of aryl methyl sites for hydroxylation is 1. The van der Waals surface area contributed by atoms with Gasteiger partial charge in [0.05, 0.1) is 11.8 Å². The Bertz CT molecular complexity index is 318. The van der Waals surface area contributed by atoms with Crippen LogP contribution in [0.2, 0.25) is 0 Å². The first kappa shape index (κ1) is 9.38. The van der Waals surface area contributed by atoms with Crippen LogP contribution in [0.1, 0.15) is 25.3 Å². The molecule has 0 aromatic heterocycles. The topological polar surface area (TPSA) is 21.3 Å². The third-order valence-corrected chi connectivity index (χ3v) is 2.54. The molecule has 0 amide bonds. The molecule has 2 rings (SSSR count). The van der Waals surface area contributed by atoms with Crippen molar-refractivity contribution in [1.29, 1.82) is 0 Å². The highest BCUT2D eigenvalue weighted by atomic mass is 16.5. The summed E-state index contributed by atoms with van der Waals surface area (Å²) in [5, 5.41) is 3.18. The molecular formula is C12H17NO. The van der Waals surface area contributed by atoms with Gasteiger partial charge in [-0.1, -0.05) is 13.0 Å². The van der Waals surface area contributed by atoms with Gasteiger partial charge in [-0.15, -0.1) is 0 Å². The predicted octanol–water partition coefficient (Wildman–Crippen LogP) is 2.83. The number of benzene rings is 1. The van der Waals surface area contributed by atoms with Gasteiger partial charge in [-0.3, -0.25) is 0 Å². The first-order valence-corrected chi connectivity index (χ1v) is 5.31. The molecular weight excluding hydrogens is 174 g/mol. The summed E-state index contributed by atoms with van der Waals surface area (Å²) in [7, 11) is 1.94. The van der Waals surface area contributed by atoms with Crippen LogP contribution >= 0.6 is 0 Å². The minimum Gasteiger partial charge on any atom is -0.488 e. The van der Waals surface area contributed by atoms with Crippen molar-refractivity contribution in [3.8, 4) is 5.75 Å². The number of hydrogen-bond acceptors (Lipinski definition) is 2. The van der Waals surface area contributed by atoms with Gasteiger partial charge < -0.3 is 10.1 Å². The van der Waals surface area contributed by atoms with E-state index in [9.17, 15) is 0 Å². The monoisotopic (exact) mass is 191 g/mol. The van der Waals surface area contributed by atoms with Crippen molar-refractivity contribution in [1.82, 2.24) is 0 Å². The summed E-state index contributed by atoms with van der Waals surface area (Å²) in [6.07, 6.45) is 3.95. The average molecular weight is 191 g/mol. The van der Waals surface area contributed by atoms with E-state index in [1.54, 1.807) is 0 Å². The van der Waals surface area contributed by atoms with Gasteiger partial charge in [0.15, 0.2) is 0 Å². The molecule has 1 saturated carbocycles. The molecule has 1 N–H and O–H groups in total. The summed E-state index contributed by atoms with van der Waals surface area (Å²) < 4.78 is 5.78. The number of rotatable bonds is 4. The highest BCUT2D eigenvalue weighted by Crippen LogP contribution is 2.32. The van der Waals surface area contributed by atoms with Crippen LogP contribution < -0.4 is 10.1 Å². The van der Waals surface area contributed by atoms with Gasteiger partial charge >= 0.3 is 0 Å².